The number of carbonyl (C=O) groups excluding carboxylic acids is 1. The molecule has 0 radical (unpaired) electrons. The second-order valence-electron chi connectivity index (χ2n) is 24.5. The Balaban J connectivity index is 0.727. The van der Waals surface area contributed by atoms with Crippen LogP contribution >= 0.6 is 0 Å². The fraction of sp³-hybridized carbons (Fsp3) is 0.400. The lowest BCUT2D eigenvalue weighted by Crippen LogP contribution is -2.48. The quantitative estimate of drug-likeness (QED) is 0.0464. The molecule has 2 saturated carbocycles. The van der Waals surface area contributed by atoms with Gasteiger partial charge in [0.25, 0.3) is 0 Å². The van der Waals surface area contributed by atoms with Crippen molar-refractivity contribution in [3.8, 4) is 23.0 Å². The SMILES string of the molecule is COc1ccc(C(Nc2nc(N3CCC(NC(=O)NC4CCN(c5nc(NC(c6ccc(OC)cc6)c6ccc(OC)cc6)c6ncn(C7CC(n8ncc(CO)n8)C(O)C7O)c6n5)C4)C3)nc3c2ncn3C2CC(n3ncc(CO)n3)C(O)C2O)c2ccc(OC)cc2)cc1. The molecule has 2 saturated heterocycles. The normalized spacial score (nSPS) is 22.6. The third-order valence-electron chi connectivity index (χ3n) is 18.8. The number of carbonyl (C=O) groups is 1. The number of methoxy groups -OCH3 is 4. The van der Waals surface area contributed by atoms with Crippen molar-refractivity contribution >= 4 is 51.9 Å². The summed E-state index contributed by atoms with van der Waals surface area (Å²) in [5.74, 6) is 4.21. The molecule has 2 amide bonds. The Morgan fingerprint density at radius 3 is 1.17 bits per heavy atom. The van der Waals surface area contributed by atoms with Gasteiger partial charge < -0.3 is 89.8 Å². The van der Waals surface area contributed by atoms with Crippen molar-refractivity contribution in [1.29, 1.82) is 0 Å². The average Bonchev–Trinajstić information content (AvgIpc) is 1.59. The van der Waals surface area contributed by atoms with E-state index in [1.165, 1.54) is 22.0 Å². The molecule has 10 aromatic rings. The summed E-state index contributed by atoms with van der Waals surface area (Å²) in [4.78, 5) is 51.2. The summed E-state index contributed by atoms with van der Waals surface area (Å²) in [5.41, 5.74) is 5.82. The van der Waals surface area contributed by atoms with E-state index in [1.807, 2.05) is 107 Å². The van der Waals surface area contributed by atoms with Crippen LogP contribution in [0.25, 0.3) is 22.3 Å². The number of ether oxygens (including phenoxy) is 4. The van der Waals surface area contributed by atoms with Gasteiger partial charge in [-0.25, -0.2) is 14.8 Å². The summed E-state index contributed by atoms with van der Waals surface area (Å²) < 4.78 is 25.6. The molecule has 500 valence electrons. The lowest BCUT2D eigenvalue weighted by atomic mass is 9.98. The van der Waals surface area contributed by atoms with Gasteiger partial charge in [0.05, 0.1) is 90.9 Å². The first-order chi connectivity index (χ1) is 46.8. The topological polar surface area (TPSA) is 379 Å². The Labute approximate surface area is 549 Å². The lowest BCUT2D eigenvalue weighted by molar-refractivity contribution is 0.00491. The first kappa shape index (κ1) is 63.1. The molecule has 4 fully saturated rings. The van der Waals surface area contributed by atoms with E-state index in [4.69, 9.17) is 48.9 Å². The summed E-state index contributed by atoms with van der Waals surface area (Å²) in [6.45, 7) is 0.958. The molecule has 10 unspecified atom stereocenters. The van der Waals surface area contributed by atoms with Crippen molar-refractivity contribution in [2.75, 3.05) is 75.1 Å². The largest absolute Gasteiger partial charge is 0.497 e. The molecule has 14 rings (SSSR count). The summed E-state index contributed by atoms with van der Waals surface area (Å²) in [6, 6.07) is 26.0. The van der Waals surface area contributed by atoms with Gasteiger partial charge in [-0.05, 0) is 96.5 Å². The molecule has 0 bridgehead atoms. The zero-order valence-electron chi connectivity index (χ0n) is 52.9. The Kier molecular flexibility index (Phi) is 17.6. The first-order valence-corrected chi connectivity index (χ1v) is 31.7. The standard InChI is InChI=1S/C65H74N20O11/c1-93-43-13-5-35(6-14-43)51(36-7-15-44(94-2)16-8-36)72-59-53-61(82(33-66-53)47-25-49(57(90)55(47)88)84-68-27-41(31-86)78-84)76-63(74-59)80-23-21-39(29-80)70-65(92)71-40-22-24-81(30-40)64-75-60(73-52(37-9-17-45(95-3)18-10-37)38-11-19-46(96-4)20-12-38)54-62(77-64)83(34-67-54)48-26-50(58(91)56(48)89)85-69-28-42(32-87)79-85/h5-20,27-28,33-34,39-40,47-52,55-58,86-91H,21-26,29-32H2,1-4H3,(H2,70,71,92)(H,72,74,76)(H,73,75,77). The molecule has 2 aliphatic heterocycles. The second kappa shape index (κ2) is 26.8. The monoisotopic (exact) mass is 1310 g/mol. The van der Waals surface area contributed by atoms with Crippen LogP contribution in [-0.2, 0) is 13.2 Å². The van der Waals surface area contributed by atoms with Crippen molar-refractivity contribution < 1.29 is 54.4 Å². The number of benzene rings is 4. The fourth-order valence-electron chi connectivity index (χ4n) is 13.6. The Morgan fingerprint density at radius 2 is 0.844 bits per heavy atom. The van der Waals surface area contributed by atoms with Crippen LogP contribution in [0.4, 0.5) is 28.3 Å². The van der Waals surface area contributed by atoms with Gasteiger partial charge in [0.1, 0.15) is 70.9 Å². The average molecular weight is 1310 g/mol. The van der Waals surface area contributed by atoms with Crippen LogP contribution in [0.2, 0.25) is 0 Å². The molecule has 0 spiro atoms. The summed E-state index contributed by atoms with van der Waals surface area (Å²) in [5, 5.41) is 97.0. The van der Waals surface area contributed by atoms with Crippen LogP contribution in [0.1, 0.15) is 95.6 Å². The zero-order valence-corrected chi connectivity index (χ0v) is 52.9. The van der Waals surface area contributed by atoms with Gasteiger partial charge in [0.15, 0.2) is 34.0 Å². The number of aromatic nitrogens is 14. The van der Waals surface area contributed by atoms with E-state index in [0.29, 0.717) is 119 Å². The molecular formula is C65H74N20O11. The number of urea groups is 1. The number of aliphatic hydroxyl groups is 6. The third-order valence-corrected chi connectivity index (χ3v) is 18.8. The Bertz CT molecular complexity index is 3980. The molecule has 10 N–H and O–H groups in total. The molecule has 8 heterocycles. The minimum atomic E-state index is -1.27. The van der Waals surface area contributed by atoms with Crippen molar-refractivity contribution in [2.45, 2.75) is 112 Å². The highest BCUT2D eigenvalue weighted by Crippen LogP contribution is 2.43. The van der Waals surface area contributed by atoms with Crippen LogP contribution in [0.5, 0.6) is 23.0 Å². The second-order valence-corrected chi connectivity index (χ2v) is 24.5. The highest BCUT2D eigenvalue weighted by Gasteiger charge is 2.47. The van der Waals surface area contributed by atoms with Crippen LogP contribution in [0, 0.1) is 0 Å². The van der Waals surface area contributed by atoms with Crippen LogP contribution < -0.4 is 50.0 Å². The van der Waals surface area contributed by atoms with Gasteiger partial charge in [-0.3, -0.25) is 0 Å². The highest BCUT2D eigenvalue weighted by atomic mass is 16.5. The summed E-state index contributed by atoms with van der Waals surface area (Å²) in [6.07, 6.45) is 2.47. The van der Waals surface area contributed by atoms with Crippen LogP contribution in [0.3, 0.4) is 0 Å². The maximum atomic E-state index is 14.2. The minimum absolute atomic E-state index is 0.209. The van der Waals surface area contributed by atoms with E-state index in [0.717, 1.165) is 22.3 Å². The lowest BCUT2D eigenvalue weighted by Gasteiger charge is -2.24. The Morgan fingerprint density at radius 1 is 0.500 bits per heavy atom. The van der Waals surface area contributed by atoms with E-state index in [2.05, 4.69) is 41.7 Å². The highest BCUT2D eigenvalue weighted by molar-refractivity contribution is 5.86. The van der Waals surface area contributed by atoms with Crippen molar-refractivity contribution in [3.05, 3.63) is 156 Å². The number of amides is 2. The number of imidazole rings is 2. The van der Waals surface area contributed by atoms with Gasteiger partial charge in [-0.2, -0.15) is 49.9 Å². The number of fused-ring (bicyclic) bond motifs is 2. The number of rotatable bonds is 22. The zero-order chi connectivity index (χ0) is 66.3. The number of hydrogen-bond acceptors (Lipinski definition) is 25. The maximum absolute atomic E-state index is 14.2. The van der Waals surface area contributed by atoms with E-state index in [9.17, 15) is 35.4 Å². The number of anilines is 4. The van der Waals surface area contributed by atoms with Gasteiger partial charge >= 0.3 is 6.03 Å². The number of aliphatic hydroxyl groups excluding tert-OH is 6. The first-order valence-electron chi connectivity index (χ1n) is 31.7. The van der Waals surface area contributed by atoms with E-state index in [1.54, 1.807) is 50.2 Å². The van der Waals surface area contributed by atoms with Crippen molar-refractivity contribution in [2.24, 2.45) is 0 Å². The fourth-order valence-corrected chi connectivity index (χ4v) is 13.6. The molecule has 2 aliphatic carbocycles. The molecule has 4 aromatic carbocycles. The molecule has 6 aromatic heterocycles. The van der Waals surface area contributed by atoms with Gasteiger partial charge in [0, 0.05) is 38.3 Å². The molecule has 10 atom stereocenters. The van der Waals surface area contributed by atoms with E-state index >= 15 is 0 Å². The van der Waals surface area contributed by atoms with Gasteiger partial charge in [0.2, 0.25) is 11.9 Å². The Hall–Kier alpha value is -10.3. The molecular weight excluding hydrogens is 1240 g/mol. The van der Waals surface area contributed by atoms with Crippen LogP contribution in [-0.4, -0.2) is 197 Å². The van der Waals surface area contributed by atoms with Gasteiger partial charge in [-0.1, -0.05) is 48.5 Å². The van der Waals surface area contributed by atoms with Crippen molar-refractivity contribution in [1.82, 2.24) is 79.7 Å². The van der Waals surface area contributed by atoms with E-state index < -0.39 is 60.7 Å². The molecule has 96 heavy (non-hydrogen) atoms. The smallest absolute Gasteiger partial charge is 0.315 e. The summed E-state index contributed by atoms with van der Waals surface area (Å²) in [7, 11) is 6.45. The van der Waals surface area contributed by atoms with Crippen molar-refractivity contribution in [3.63, 3.8) is 0 Å². The van der Waals surface area contributed by atoms with E-state index in [-0.39, 0.29) is 44.2 Å². The maximum Gasteiger partial charge on any atom is 0.315 e. The minimum Gasteiger partial charge on any atom is -0.497 e. The number of nitrogens with one attached hydrogen (secondary N) is 4. The third kappa shape index (κ3) is 12.3. The molecule has 31 heteroatoms. The molecule has 31 nitrogen and oxygen atoms in total. The number of nitrogens with zero attached hydrogens (tertiary/aromatic N) is 16. The molecule has 4 aliphatic rings. The predicted molar refractivity (Wildman–Crippen MR) is 348 cm³/mol. The van der Waals surface area contributed by atoms with Gasteiger partial charge in [-0.15, -0.1) is 0 Å². The van der Waals surface area contributed by atoms with Crippen LogP contribution in [0.15, 0.2) is 122 Å². The summed E-state index contributed by atoms with van der Waals surface area (Å²) >= 11 is 0. The predicted octanol–water partition coefficient (Wildman–Crippen LogP) is 3.54. The number of hydrogen-bond donors (Lipinski definition) is 10.